The molecule has 1 aliphatic heterocycles. The number of ether oxygens (including phenoxy) is 2. The molecule has 254 valence electrons. The number of halogens is 1. The second-order valence-electron chi connectivity index (χ2n) is 14.4. The Bertz CT molecular complexity index is 1720. The van der Waals surface area contributed by atoms with E-state index in [0.29, 0.717) is 41.7 Å². The number of nitrogens with zero attached hydrogens (tertiary/aromatic N) is 3. The van der Waals surface area contributed by atoms with E-state index in [0.717, 1.165) is 53.9 Å². The van der Waals surface area contributed by atoms with E-state index in [1.165, 1.54) is 12.1 Å². The summed E-state index contributed by atoms with van der Waals surface area (Å²) in [5.74, 6) is 0.590. The third-order valence-corrected chi connectivity index (χ3v) is 8.67. The lowest BCUT2D eigenvalue weighted by molar-refractivity contribution is -0.160. The summed E-state index contributed by atoms with van der Waals surface area (Å²) in [5, 5.41) is 14.1. The maximum atomic E-state index is 13.3. The molecule has 8 nitrogen and oxygen atoms in total. The molecule has 0 radical (unpaired) electrons. The molecule has 48 heavy (non-hydrogen) atoms. The molecule has 3 heterocycles. The Morgan fingerprint density at radius 1 is 1.04 bits per heavy atom. The largest absolute Gasteiger partial charge is 0.493 e. The predicted octanol–water partition coefficient (Wildman–Crippen LogP) is 8.83. The van der Waals surface area contributed by atoms with Crippen LogP contribution in [0.1, 0.15) is 75.9 Å². The number of hydrogen-bond donors (Lipinski definition) is 2. The van der Waals surface area contributed by atoms with Crippen LogP contribution in [0.25, 0.3) is 11.1 Å². The third-order valence-electron chi connectivity index (χ3n) is 8.67. The Morgan fingerprint density at radius 3 is 2.31 bits per heavy atom. The van der Waals surface area contributed by atoms with Crippen molar-refractivity contribution in [2.24, 2.45) is 5.41 Å². The minimum Gasteiger partial charge on any atom is -0.493 e. The number of anilines is 3. The monoisotopic (exact) mass is 654 g/mol. The first kappa shape index (κ1) is 34.8. The summed E-state index contributed by atoms with van der Waals surface area (Å²) >= 11 is 0. The van der Waals surface area contributed by atoms with Crippen molar-refractivity contribution in [2.75, 3.05) is 29.9 Å². The first-order valence-electron chi connectivity index (χ1n) is 16.6. The Labute approximate surface area is 283 Å². The Hall–Kier alpha value is -4.50. The summed E-state index contributed by atoms with van der Waals surface area (Å²) in [4.78, 5) is 24.8. The molecule has 0 amide bonds. The van der Waals surface area contributed by atoms with Gasteiger partial charge >= 0.3 is 5.97 Å². The van der Waals surface area contributed by atoms with Gasteiger partial charge in [-0.3, -0.25) is 0 Å². The van der Waals surface area contributed by atoms with Gasteiger partial charge < -0.3 is 24.8 Å². The summed E-state index contributed by atoms with van der Waals surface area (Å²) in [6.45, 7) is 16.0. The van der Waals surface area contributed by atoms with E-state index in [2.05, 4.69) is 29.0 Å². The maximum Gasteiger partial charge on any atom is 0.337 e. The van der Waals surface area contributed by atoms with E-state index in [1.807, 2.05) is 71.0 Å². The lowest BCUT2D eigenvalue weighted by Crippen LogP contribution is -2.39. The molecule has 5 rings (SSSR count). The van der Waals surface area contributed by atoms with Crippen LogP contribution in [0.4, 0.5) is 21.7 Å². The lowest BCUT2D eigenvalue weighted by Gasteiger charge is -2.41. The number of piperidine rings is 1. The minimum atomic E-state index is -1.23. The van der Waals surface area contributed by atoms with E-state index in [1.54, 1.807) is 18.3 Å². The van der Waals surface area contributed by atoms with Gasteiger partial charge in [0.25, 0.3) is 0 Å². The van der Waals surface area contributed by atoms with Crippen molar-refractivity contribution < 1.29 is 23.8 Å². The minimum absolute atomic E-state index is 0.173. The number of aliphatic carboxylic acids is 1. The van der Waals surface area contributed by atoms with Crippen molar-refractivity contribution in [3.05, 3.63) is 95.1 Å². The molecule has 0 spiro atoms. The summed E-state index contributed by atoms with van der Waals surface area (Å²) in [6.07, 6.45) is 3.07. The van der Waals surface area contributed by atoms with Gasteiger partial charge in [0, 0.05) is 42.5 Å². The molecule has 9 heteroatoms. The number of pyridine rings is 2. The van der Waals surface area contributed by atoms with Gasteiger partial charge in [-0.25, -0.2) is 19.2 Å². The molecule has 1 aliphatic rings. The number of carboxylic acid groups (broad SMARTS) is 1. The highest BCUT2D eigenvalue weighted by molar-refractivity contribution is 5.93. The molecule has 0 saturated carbocycles. The van der Waals surface area contributed by atoms with Crippen LogP contribution in [0.5, 0.6) is 5.75 Å². The first-order valence-corrected chi connectivity index (χ1v) is 16.6. The van der Waals surface area contributed by atoms with E-state index in [9.17, 15) is 14.3 Å². The smallest absolute Gasteiger partial charge is 0.337 e. The molecule has 4 aromatic rings. The van der Waals surface area contributed by atoms with Gasteiger partial charge in [0.05, 0.1) is 17.9 Å². The molecule has 2 N–H and O–H groups in total. The molecular weight excluding hydrogens is 607 g/mol. The number of hydrogen-bond acceptors (Lipinski definition) is 7. The SMILES string of the molecule is Cc1ccnc(Nc2nc(C)c([C@H](OC(C)(C)C)C(=O)O)c(N3CCC(C)(C)CC3)c2-c2ccc(OCCc3ccc(F)cc3)cc2)c1. The zero-order valence-corrected chi connectivity index (χ0v) is 29.1. The van der Waals surface area contributed by atoms with Crippen molar-refractivity contribution in [1.29, 1.82) is 0 Å². The van der Waals surface area contributed by atoms with E-state index in [4.69, 9.17) is 14.5 Å². The molecule has 1 atom stereocenters. The highest BCUT2D eigenvalue weighted by Crippen LogP contribution is 2.47. The molecule has 1 saturated heterocycles. The Kier molecular flexibility index (Phi) is 10.4. The number of nitrogens with one attached hydrogen (secondary N) is 1. The van der Waals surface area contributed by atoms with Crippen molar-refractivity contribution in [3.8, 4) is 16.9 Å². The summed E-state index contributed by atoms with van der Waals surface area (Å²) < 4.78 is 25.7. The fraction of sp³-hybridized carbons (Fsp3) is 0.410. The Balaban J connectivity index is 1.63. The standard InChI is InChI=1S/C39H47FN4O4/c1-25-16-20-41-31(24-25)43-36-33(28-10-14-30(15-11-28)47-23-17-27-8-12-29(40)13-9-27)34(44-21-18-39(6,7)19-22-44)32(26(2)42-36)35(37(45)46)48-38(3,4)5/h8-16,20,24,35H,17-19,21-23H2,1-7H3,(H,45,46)(H,41,42,43)/t35-/m0/s1. The van der Waals surface area contributed by atoms with Crippen LogP contribution >= 0.6 is 0 Å². The quantitative estimate of drug-likeness (QED) is 0.166. The van der Waals surface area contributed by atoms with Crippen LogP contribution in [0.15, 0.2) is 66.9 Å². The number of aromatic nitrogens is 2. The van der Waals surface area contributed by atoms with Gasteiger partial charge in [-0.05, 0) is 106 Å². The van der Waals surface area contributed by atoms with E-state index >= 15 is 0 Å². The normalized spacial score (nSPS) is 15.2. The van der Waals surface area contributed by atoms with E-state index < -0.39 is 17.7 Å². The van der Waals surface area contributed by atoms with Gasteiger partial charge in [0.1, 0.15) is 23.2 Å². The van der Waals surface area contributed by atoms with Crippen molar-refractivity contribution in [3.63, 3.8) is 0 Å². The van der Waals surface area contributed by atoms with Crippen LogP contribution in [0, 0.1) is 25.1 Å². The summed E-state index contributed by atoms with van der Waals surface area (Å²) in [5.41, 5.74) is 5.05. The summed E-state index contributed by atoms with van der Waals surface area (Å²) in [7, 11) is 0. The average Bonchev–Trinajstić information content (AvgIpc) is 3.01. The van der Waals surface area contributed by atoms with Crippen molar-refractivity contribution in [1.82, 2.24) is 9.97 Å². The molecule has 0 bridgehead atoms. The van der Waals surface area contributed by atoms with Gasteiger partial charge in [0.2, 0.25) is 0 Å². The van der Waals surface area contributed by atoms with Gasteiger partial charge in [0.15, 0.2) is 6.10 Å². The summed E-state index contributed by atoms with van der Waals surface area (Å²) in [6, 6.07) is 18.1. The van der Waals surface area contributed by atoms with Crippen LogP contribution in [0.3, 0.4) is 0 Å². The predicted molar refractivity (Wildman–Crippen MR) is 189 cm³/mol. The van der Waals surface area contributed by atoms with Gasteiger partial charge in [-0.2, -0.15) is 0 Å². The average molecular weight is 655 g/mol. The number of carboxylic acids is 1. The van der Waals surface area contributed by atoms with Crippen LogP contribution in [-0.2, 0) is 16.0 Å². The zero-order valence-electron chi connectivity index (χ0n) is 29.1. The van der Waals surface area contributed by atoms with E-state index in [-0.39, 0.29) is 11.2 Å². The number of carbonyl (C=O) groups is 1. The molecular formula is C39H47FN4O4. The number of benzene rings is 2. The third kappa shape index (κ3) is 8.69. The van der Waals surface area contributed by atoms with Crippen molar-refractivity contribution >= 4 is 23.3 Å². The number of aryl methyl sites for hydroxylation is 2. The molecule has 2 aromatic carbocycles. The Morgan fingerprint density at radius 2 is 1.71 bits per heavy atom. The first-order chi connectivity index (χ1) is 22.7. The second-order valence-corrected chi connectivity index (χ2v) is 14.4. The van der Waals surface area contributed by atoms with Crippen LogP contribution in [0.2, 0.25) is 0 Å². The fourth-order valence-corrected chi connectivity index (χ4v) is 6.01. The number of rotatable bonds is 11. The highest BCUT2D eigenvalue weighted by atomic mass is 19.1. The second kappa shape index (κ2) is 14.3. The molecule has 0 aliphatic carbocycles. The maximum absolute atomic E-state index is 13.3. The van der Waals surface area contributed by atoms with Crippen LogP contribution < -0.4 is 15.0 Å². The fourth-order valence-electron chi connectivity index (χ4n) is 6.01. The topological polar surface area (TPSA) is 96.8 Å². The van der Waals surface area contributed by atoms with Gasteiger partial charge in [-0.15, -0.1) is 0 Å². The van der Waals surface area contributed by atoms with Crippen molar-refractivity contribution in [2.45, 2.75) is 79.4 Å². The molecule has 0 unspecified atom stereocenters. The van der Waals surface area contributed by atoms with Crippen LogP contribution in [-0.4, -0.2) is 46.3 Å². The van der Waals surface area contributed by atoms with Gasteiger partial charge in [-0.1, -0.05) is 38.1 Å². The highest BCUT2D eigenvalue weighted by Gasteiger charge is 2.37. The molecule has 2 aromatic heterocycles. The lowest BCUT2D eigenvalue weighted by atomic mass is 9.82. The molecule has 1 fully saturated rings. The zero-order chi connectivity index (χ0) is 34.6.